The van der Waals surface area contributed by atoms with E-state index in [4.69, 9.17) is 19.4 Å². The molecule has 290 valence electrons. The van der Waals surface area contributed by atoms with E-state index < -0.39 is 24.3 Å². The summed E-state index contributed by atoms with van der Waals surface area (Å²) in [6.45, 7) is 8.76. The lowest BCUT2D eigenvalue weighted by Gasteiger charge is -2.30. The summed E-state index contributed by atoms with van der Waals surface area (Å²) in [4.78, 5) is 77.1. The Morgan fingerprint density at radius 1 is 0.800 bits per heavy atom. The van der Waals surface area contributed by atoms with E-state index in [1.807, 2.05) is 50.9 Å². The van der Waals surface area contributed by atoms with Crippen molar-refractivity contribution in [3.63, 3.8) is 0 Å². The predicted octanol–water partition coefficient (Wildman–Crippen LogP) is 6.32. The van der Waals surface area contributed by atoms with Gasteiger partial charge in [-0.05, 0) is 55.0 Å². The molecule has 16 heteroatoms. The first-order chi connectivity index (χ1) is 26.5. The number of nitrogens with zero attached hydrogens (tertiary/aromatic N) is 5. The summed E-state index contributed by atoms with van der Waals surface area (Å²) < 4.78 is 9.53. The Kier molecular flexibility index (Phi) is 10.8. The fraction of sp³-hybridized carbons (Fsp3) is 0.462. The minimum Gasteiger partial charge on any atom is -0.453 e. The molecule has 2 aromatic carbocycles. The highest BCUT2D eigenvalue weighted by Gasteiger charge is 2.39. The van der Waals surface area contributed by atoms with Gasteiger partial charge in [0.25, 0.3) is 0 Å². The molecule has 0 saturated carbocycles. The number of aromatic amines is 2. The number of rotatable bonds is 10. The van der Waals surface area contributed by atoms with Crippen LogP contribution in [0, 0.1) is 11.8 Å². The van der Waals surface area contributed by atoms with Crippen molar-refractivity contribution in [1.82, 2.24) is 45.4 Å². The average molecular weight is 770 g/mol. The van der Waals surface area contributed by atoms with Crippen LogP contribution in [-0.4, -0.2) is 98.1 Å². The lowest BCUT2D eigenvalue weighted by atomic mass is 10.0. The number of carbonyl (C=O) groups excluding carboxylic acids is 4. The van der Waals surface area contributed by atoms with Crippen LogP contribution in [-0.2, 0) is 19.1 Å². The highest BCUT2D eigenvalue weighted by Crippen LogP contribution is 2.38. The molecule has 15 nitrogen and oxygen atoms in total. The van der Waals surface area contributed by atoms with Gasteiger partial charge >= 0.3 is 12.2 Å². The number of aromatic nitrogens is 5. The number of benzene rings is 2. The number of methoxy groups -OCH3 is 2. The number of H-pyrrole nitrogens is 2. The molecule has 5 heterocycles. The molecule has 2 aliphatic rings. The Balaban J connectivity index is 1.09. The van der Waals surface area contributed by atoms with Gasteiger partial charge in [0.1, 0.15) is 28.7 Å². The quantitative estimate of drug-likeness (QED) is 0.126. The highest BCUT2D eigenvalue weighted by atomic mass is 32.1. The predicted molar refractivity (Wildman–Crippen MR) is 208 cm³/mol. The number of likely N-dealkylation sites (tertiary alicyclic amines) is 2. The Morgan fingerprint density at radius 2 is 1.42 bits per heavy atom. The van der Waals surface area contributed by atoms with Gasteiger partial charge in [0.2, 0.25) is 11.8 Å². The molecule has 4 amide bonds. The molecule has 5 aromatic rings. The number of ether oxygens (including phenoxy) is 2. The molecule has 4 N–H and O–H groups in total. The van der Waals surface area contributed by atoms with Gasteiger partial charge in [0.05, 0.1) is 54.1 Å². The SMILES string of the molecule is COC(=O)N[C@H](C(=O)N1CCC[C@H]1c1ncc(-c2cnc(-c3ccc4c(ccc5nc([C@@H]6CCCN6C(=O)[C@@H](NC(=O)OC)C(C)C)[nH]c54)c3)s2)[nH]1)C(C)C. The largest absolute Gasteiger partial charge is 0.453 e. The molecular weight excluding hydrogens is 723 g/mol. The summed E-state index contributed by atoms with van der Waals surface area (Å²) in [5.41, 5.74) is 3.50. The molecule has 2 saturated heterocycles. The van der Waals surface area contributed by atoms with E-state index in [0.29, 0.717) is 18.9 Å². The third kappa shape index (κ3) is 7.46. The van der Waals surface area contributed by atoms with E-state index >= 15 is 0 Å². The number of amides is 4. The molecule has 7 rings (SSSR count). The van der Waals surface area contributed by atoms with Crippen molar-refractivity contribution < 1.29 is 28.7 Å². The maximum Gasteiger partial charge on any atom is 0.407 e. The second kappa shape index (κ2) is 15.7. The normalized spacial score (nSPS) is 18.3. The van der Waals surface area contributed by atoms with Crippen molar-refractivity contribution >= 4 is 57.1 Å². The fourth-order valence-corrected chi connectivity index (χ4v) is 8.55. The zero-order chi connectivity index (χ0) is 39.0. The lowest BCUT2D eigenvalue weighted by Crippen LogP contribution is -2.51. The minimum atomic E-state index is -0.701. The molecule has 55 heavy (non-hydrogen) atoms. The van der Waals surface area contributed by atoms with Crippen LogP contribution < -0.4 is 10.6 Å². The van der Waals surface area contributed by atoms with E-state index in [0.717, 1.165) is 74.5 Å². The van der Waals surface area contributed by atoms with Gasteiger partial charge in [-0.1, -0.05) is 45.9 Å². The second-order valence-electron chi connectivity index (χ2n) is 14.8. The van der Waals surface area contributed by atoms with Crippen molar-refractivity contribution in [1.29, 1.82) is 0 Å². The number of hydrogen-bond donors (Lipinski definition) is 4. The number of alkyl carbamates (subject to hydrolysis) is 2. The van der Waals surface area contributed by atoms with Crippen molar-refractivity contribution in [2.75, 3.05) is 27.3 Å². The fourth-order valence-electron chi connectivity index (χ4n) is 7.67. The molecule has 0 spiro atoms. The van der Waals surface area contributed by atoms with Crippen LogP contribution in [0.25, 0.3) is 42.9 Å². The van der Waals surface area contributed by atoms with E-state index in [9.17, 15) is 19.2 Å². The summed E-state index contributed by atoms with van der Waals surface area (Å²) in [6, 6.07) is 8.41. The topological polar surface area (TPSA) is 188 Å². The third-order valence-electron chi connectivity index (χ3n) is 10.6. The average Bonchev–Trinajstić information content (AvgIpc) is 4.03. The summed E-state index contributed by atoms with van der Waals surface area (Å²) >= 11 is 1.55. The van der Waals surface area contributed by atoms with Gasteiger partial charge in [0.15, 0.2) is 0 Å². The second-order valence-corrected chi connectivity index (χ2v) is 15.9. The Hall–Kier alpha value is -5.51. The number of thiazole rings is 1. The number of carbonyl (C=O) groups is 4. The molecule has 3 aromatic heterocycles. The van der Waals surface area contributed by atoms with Crippen LogP contribution >= 0.6 is 11.3 Å². The standard InChI is InChI=1S/C39H47N9O6S/c1-20(2)30(45-38(51)53-5)36(49)47-15-7-9-27(47)33-40-18-26(43-33)29-19-41-35(55-29)23-11-13-24-22(17-23)12-14-25-32(24)44-34(42-25)28-10-8-16-48(28)37(50)31(21(3)4)46-39(52)54-6/h11-14,17-21,27-28,30-31H,7-10,15-16H2,1-6H3,(H,40,43)(H,42,44)(H,45,51)(H,46,52)/t27-,28-,30-,31-/m0/s1. The van der Waals surface area contributed by atoms with Crippen LogP contribution in [0.4, 0.5) is 9.59 Å². The number of fused-ring (bicyclic) bond motifs is 3. The number of hydrogen-bond acceptors (Lipinski definition) is 10. The van der Waals surface area contributed by atoms with Crippen LogP contribution in [0.5, 0.6) is 0 Å². The molecule has 0 bridgehead atoms. The Bertz CT molecular complexity index is 2230. The molecular formula is C39H47N9O6S. The Labute approximate surface area is 322 Å². The summed E-state index contributed by atoms with van der Waals surface area (Å²) in [6.07, 6.45) is 5.56. The first kappa shape index (κ1) is 37.8. The zero-order valence-corrected chi connectivity index (χ0v) is 32.7. The van der Waals surface area contributed by atoms with Crippen molar-refractivity contribution in [3.8, 4) is 21.1 Å². The van der Waals surface area contributed by atoms with Crippen LogP contribution in [0.1, 0.15) is 77.1 Å². The van der Waals surface area contributed by atoms with Crippen LogP contribution in [0.2, 0.25) is 0 Å². The summed E-state index contributed by atoms with van der Waals surface area (Å²) in [5, 5.41) is 8.28. The van der Waals surface area contributed by atoms with E-state index in [2.05, 4.69) is 43.8 Å². The maximum atomic E-state index is 13.7. The minimum absolute atomic E-state index is 0.115. The third-order valence-corrected chi connectivity index (χ3v) is 11.7. The maximum absolute atomic E-state index is 13.7. The molecule has 4 atom stereocenters. The Morgan fingerprint density at radius 3 is 2.02 bits per heavy atom. The van der Waals surface area contributed by atoms with Crippen LogP contribution in [0.3, 0.4) is 0 Å². The molecule has 2 fully saturated rings. The highest BCUT2D eigenvalue weighted by molar-refractivity contribution is 7.18. The van der Waals surface area contributed by atoms with E-state index in [1.54, 1.807) is 22.4 Å². The molecule has 0 aliphatic carbocycles. The van der Waals surface area contributed by atoms with Crippen molar-refractivity contribution in [2.45, 2.75) is 77.5 Å². The molecule has 0 unspecified atom stereocenters. The van der Waals surface area contributed by atoms with Crippen molar-refractivity contribution in [2.24, 2.45) is 11.8 Å². The first-order valence-corrected chi connectivity index (χ1v) is 19.5. The summed E-state index contributed by atoms with van der Waals surface area (Å²) in [5.74, 6) is 0.899. The first-order valence-electron chi connectivity index (χ1n) is 18.7. The molecule has 2 aliphatic heterocycles. The van der Waals surface area contributed by atoms with Gasteiger partial charge < -0.3 is 39.9 Å². The van der Waals surface area contributed by atoms with E-state index in [1.165, 1.54) is 14.2 Å². The lowest BCUT2D eigenvalue weighted by molar-refractivity contribution is -0.136. The monoisotopic (exact) mass is 769 g/mol. The number of imidazole rings is 2. The van der Waals surface area contributed by atoms with Gasteiger partial charge in [-0.2, -0.15) is 0 Å². The molecule has 0 radical (unpaired) electrons. The van der Waals surface area contributed by atoms with Gasteiger partial charge in [-0.25, -0.2) is 24.5 Å². The van der Waals surface area contributed by atoms with Gasteiger partial charge in [-0.15, -0.1) is 11.3 Å². The van der Waals surface area contributed by atoms with Gasteiger partial charge in [-0.3, -0.25) is 9.59 Å². The van der Waals surface area contributed by atoms with Crippen LogP contribution in [0.15, 0.2) is 42.7 Å². The summed E-state index contributed by atoms with van der Waals surface area (Å²) in [7, 11) is 2.58. The van der Waals surface area contributed by atoms with E-state index in [-0.39, 0.29) is 35.7 Å². The van der Waals surface area contributed by atoms with Gasteiger partial charge in [0, 0.05) is 30.2 Å². The smallest absolute Gasteiger partial charge is 0.407 e. The number of nitrogens with one attached hydrogen (secondary N) is 4. The zero-order valence-electron chi connectivity index (χ0n) is 31.8. The van der Waals surface area contributed by atoms with Crippen molar-refractivity contribution in [3.05, 3.63) is 54.4 Å².